The summed E-state index contributed by atoms with van der Waals surface area (Å²) in [5.41, 5.74) is 0.712. The SMILES string of the molecule is CNCCC1CCN(C(=O)c2cc(Cl)cn2C(C)C)CC1. The van der Waals surface area contributed by atoms with Crippen molar-refractivity contribution in [3.8, 4) is 0 Å². The van der Waals surface area contributed by atoms with Crippen LogP contribution in [-0.2, 0) is 0 Å². The molecular formula is C16H26ClN3O. The van der Waals surface area contributed by atoms with E-state index in [1.807, 2.05) is 22.7 Å². The highest BCUT2D eigenvalue weighted by Crippen LogP contribution is 2.24. The Morgan fingerprint density at radius 1 is 1.43 bits per heavy atom. The second kappa shape index (κ2) is 7.32. The van der Waals surface area contributed by atoms with Crippen molar-refractivity contribution in [2.75, 3.05) is 26.7 Å². The highest BCUT2D eigenvalue weighted by molar-refractivity contribution is 6.31. The lowest BCUT2D eigenvalue weighted by Crippen LogP contribution is -2.39. The standard InChI is InChI=1S/C16H26ClN3O/c1-12(2)20-11-14(17)10-15(20)16(21)19-8-5-13(6-9-19)4-7-18-3/h10-13,18H,4-9H2,1-3H3. The van der Waals surface area contributed by atoms with Crippen LogP contribution in [-0.4, -0.2) is 42.1 Å². The van der Waals surface area contributed by atoms with Gasteiger partial charge in [0.1, 0.15) is 5.69 Å². The minimum Gasteiger partial charge on any atom is -0.339 e. The lowest BCUT2D eigenvalue weighted by Gasteiger charge is -2.32. The molecule has 1 fully saturated rings. The van der Waals surface area contributed by atoms with E-state index in [1.165, 1.54) is 6.42 Å². The summed E-state index contributed by atoms with van der Waals surface area (Å²) in [4.78, 5) is 14.7. The molecule has 0 spiro atoms. The number of hydrogen-bond donors (Lipinski definition) is 1. The highest BCUT2D eigenvalue weighted by atomic mass is 35.5. The third-order valence-electron chi connectivity index (χ3n) is 4.29. The molecule has 0 aromatic carbocycles. The zero-order valence-corrected chi connectivity index (χ0v) is 14.0. The summed E-state index contributed by atoms with van der Waals surface area (Å²) in [6.07, 6.45) is 5.25. The Balaban J connectivity index is 1.99. The average molecular weight is 312 g/mol. The van der Waals surface area contributed by atoms with Gasteiger partial charge in [-0.2, -0.15) is 0 Å². The van der Waals surface area contributed by atoms with Gasteiger partial charge in [0, 0.05) is 25.3 Å². The smallest absolute Gasteiger partial charge is 0.270 e. The fourth-order valence-electron chi connectivity index (χ4n) is 2.98. The molecule has 1 saturated heterocycles. The summed E-state index contributed by atoms with van der Waals surface area (Å²) in [7, 11) is 1.99. The van der Waals surface area contributed by atoms with Gasteiger partial charge >= 0.3 is 0 Å². The second-order valence-electron chi connectivity index (χ2n) is 6.17. The molecule has 118 valence electrons. The van der Waals surface area contributed by atoms with Gasteiger partial charge in [-0.15, -0.1) is 0 Å². The molecule has 1 N–H and O–H groups in total. The van der Waals surface area contributed by atoms with E-state index < -0.39 is 0 Å². The lowest BCUT2D eigenvalue weighted by molar-refractivity contribution is 0.0674. The number of likely N-dealkylation sites (tertiary alicyclic amines) is 1. The van der Waals surface area contributed by atoms with Crippen molar-refractivity contribution in [1.82, 2.24) is 14.8 Å². The van der Waals surface area contributed by atoms with Gasteiger partial charge in [0.2, 0.25) is 0 Å². The summed E-state index contributed by atoms with van der Waals surface area (Å²) in [6, 6.07) is 2.03. The molecule has 21 heavy (non-hydrogen) atoms. The predicted molar refractivity (Wildman–Crippen MR) is 87.0 cm³/mol. The third kappa shape index (κ3) is 4.01. The fraction of sp³-hybridized carbons (Fsp3) is 0.688. The van der Waals surface area contributed by atoms with E-state index in [0.29, 0.717) is 10.7 Å². The van der Waals surface area contributed by atoms with Gasteiger partial charge < -0.3 is 14.8 Å². The fourth-order valence-corrected chi connectivity index (χ4v) is 3.19. The monoisotopic (exact) mass is 311 g/mol. The van der Waals surface area contributed by atoms with Crippen LogP contribution < -0.4 is 5.32 Å². The number of amides is 1. The highest BCUT2D eigenvalue weighted by Gasteiger charge is 2.25. The van der Waals surface area contributed by atoms with Gasteiger partial charge in [0.25, 0.3) is 5.91 Å². The molecule has 1 aromatic rings. The number of rotatable bonds is 5. The van der Waals surface area contributed by atoms with Gasteiger partial charge in [0.05, 0.1) is 5.02 Å². The van der Waals surface area contributed by atoms with Gasteiger partial charge in [-0.3, -0.25) is 4.79 Å². The summed E-state index contributed by atoms with van der Waals surface area (Å²) < 4.78 is 1.97. The van der Waals surface area contributed by atoms with E-state index in [9.17, 15) is 4.79 Å². The van der Waals surface area contributed by atoms with E-state index in [-0.39, 0.29) is 11.9 Å². The number of halogens is 1. The first-order valence-electron chi connectivity index (χ1n) is 7.84. The summed E-state index contributed by atoms with van der Waals surface area (Å²) >= 11 is 6.07. The van der Waals surface area contributed by atoms with Crippen molar-refractivity contribution >= 4 is 17.5 Å². The Labute approximate surface area is 132 Å². The average Bonchev–Trinajstić information content (AvgIpc) is 2.87. The van der Waals surface area contributed by atoms with Crippen molar-refractivity contribution in [2.45, 2.75) is 39.2 Å². The number of hydrogen-bond acceptors (Lipinski definition) is 2. The Bertz CT molecular complexity index is 476. The van der Waals surface area contributed by atoms with E-state index in [2.05, 4.69) is 19.2 Å². The first-order chi connectivity index (χ1) is 10.0. The molecule has 0 bridgehead atoms. The van der Waals surface area contributed by atoms with Gasteiger partial charge in [-0.25, -0.2) is 0 Å². The van der Waals surface area contributed by atoms with Crippen LogP contribution in [0.5, 0.6) is 0 Å². The van der Waals surface area contributed by atoms with Gasteiger partial charge in [-0.05, 0) is 58.7 Å². The molecule has 1 amide bonds. The molecule has 5 heteroatoms. The summed E-state index contributed by atoms with van der Waals surface area (Å²) in [5, 5.41) is 3.83. The summed E-state index contributed by atoms with van der Waals surface area (Å²) in [5.74, 6) is 0.852. The summed E-state index contributed by atoms with van der Waals surface area (Å²) in [6.45, 7) is 6.90. The lowest BCUT2D eigenvalue weighted by atomic mass is 9.93. The van der Waals surface area contributed by atoms with E-state index in [0.717, 1.165) is 38.4 Å². The molecule has 0 unspecified atom stereocenters. The molecule has 1 aromatic heterocycles. The van der Waals surface area contributed by atoms with Crippen LogP contribution in [0.15, 0.2) is 12.3 Å². The van der Waals surface area contributed by atoms with Crippen molar-refractivity contribution in [1.29, 1.82) is 0 Å². The first kappa shape index (κ1) is 16.4. The number of carbonyl (C=O) groups is 1. The van der Waals surface area contributed by atoms with Crippen LogP contribution in [0, 0.1) is 5.92 Å². The quantitative estimate of drug-likeness (QED) is 0.907. The zero-order valence-electron chi connectivity index (χ0n) is 13.2. The third-order valence-corrected chi connectivity index (χ3v) is 4.50. The minimum atomic E-state index is 0.114. The van der Waals surface area contributed by atoms with Crippen molar-refractivity contribution in [2.24, 2.45) is 5.92 Å². The maximum absolute atomic E-state index is 12.7. The molecule has 0 saturated carbocycles. The molecule has 0 radical (unpaired) electrons. The second-order valence-corrected chi connectivity index (χ2v) is 6.61. The van der Waals surface area contributed by atoms with Crippen LogP contribution in [0.3, 0.4) is 0 Å². The minimum absolute atomic E-state index is 0.114. The van der Waals surface area contributed by atoms with Crippen LogP contribution in [0.2, 0.25) is 5.02 Å². The Hall–Kier alpha value is -1.00. The molecule has 1 aliphatic heterocycles. The van der Waals surface area contributed by atoms with Gasteiger partial charge in [0.15, 0.2) is 0 Å². The maximum atomic E-state index is 12.7. The molecule has 0 atom stereocenters. The van der Waals surface area contributed by atoms with Crippen LogP contribution in [0.25, 0.3) is 0 Å². The normalized spacial score (nSPS) is 16.7. The molecule has 1 aliphatic rings. The number of piperidine rings is 1. The Morgan fingerprint density at radius 3 is 2.67 bits per heavy atom. The molecular weight excluding hydrogens is 286 g/mol. The maximum Gasteiger partial charge on any atom is 0.270 e. The number of nitrogens with zero attached hydrogens (tertiary/aromatic N) is 2. The van der Waals surface area contributed by atoms with Crippen molar-refractivity contribution < 1.29 is 4.79 Å². The molecule has 0 aliphatic carbocycles. The molecule has 2 heterocycles. The first-order valence-corrected chi connectivity index (χ1v) is 8.22. The van der Waals surface area contributed by atoms with E-state index in [1.54, 1.807) is 6.07 Å². The predicted octanol–water partition coefficient (Wildman–Crippen LogP) is 3.18. The van der Waals surface area contributed by atoms with Crippen LogP contribution >= 0.6 is 11.6 Å². The number of carbonyl (C=O) groups excluding carboxylic acids is 1. The van der Waals surface area contributed by atoms with Crippen LogP contribution in [0.1, 0.15) is 49.6 Å². The van der Waals surface area contributed by atoms with E-state index in [4.69, 9.17) is 11.6 Å². The zero-order chi connectivity index (χ0) is 15.4. The Kier molecular flexibility index (Phi) is 5.71. The molecule has 2 rings (SSSR count). The van der Waals surface area contributed by atoms with Gasteiger partial charge in [-0.1, -0.05) is 11.6 Å². The van der Waals surface area contributed by atoms with Crippen LogP contribution in [0.4, 0.5) is 0 Å². The van der Waals surface area contributed by atoms with Crippen molar-refractivity contribution in [3.63, 3.8) is 0 Å². The number of aromatic nitrogens is 1. The number of nitrogens with one attached hydrogen (secondary N) is 1. The van der Waals surface area contributed by atoms with E-state index >= 15 is 0 Å². The topological polar surface area (TPSA) is 37.3 Å². The largest absolute Gasteiger partial charge is 0.339 e. The Morgan fingerprint density at radius 2 is 2.10 bits per heavy atom. The van der Waals surface area contributed by atoms with Crippen molar-refractivity contribution in [3.05, 3.63) is 23.0 Å². The molecule has 4 nitrogen and oxygen atoms in total.